The number of halogens is 1. The Kier molecular flexibility index (Phi) is 3.01. The molecule has 4 heteroatoms. The predicted molar refractivity (Wildman–Crippen MR) is 67.5 cm³/mol. The molecule has 84 valence electrons. The minimum Gasteiger partial charge on any atom is -0.478 e. The fourth-order valence-corrected chi connectivity index (χ4v) is 2.66. The van der Waals surface area contributed by atoms with E-state index in [4.69, 9.17) is 10.8 Å². The lowest BCUT2D eigenvalue weighted by molar-refractivity contribution is 0.0697. The molecular weight excluding hydrogens is 270 g/mol. The summed E-state index contributed by atoms with van der Waals surface area (Å²) in [6.45, 7) is 0. The molecular formula is C12H12BrNO2. The van der Waals surface area contributed by atoms with Gasteiger partial charge in [-0.2, -0.15) is 0 Å². The number of hydrogen-bond donors (Lipinski definition) is 2. The van der Waals surface area contributed by atoms with E-state index in [1.54, 1.807) is 6.07 Å². The second-order valence-electron chi connectivity index (χ2n) is 3.89. The maximum atomic E-state index is 10.9. The van der Waals surface area contributed by atoms with Crippen LogP contribution in [-0.4, -0.2) is 11.1 Å². The van der Waals surface area contributed by atoms with Crippen LogP contribution < -0.4 is 5.73 Å². The standard InChI is InChI=1S/C12H12BrNO2/c13-11-3-1-2-10(11)7-4-8(12(15)16)6-9(14)5-7/h4-6H,1-3,14H2,(H,15,16). The number of benzene rings is 1. The summed E-state index contributed by atoms with van der Waals surface area (Å²) in [5, 5.41) is 8.96. The van der Waals surface area contributed by atoms with Crippen molar-refractivity contribution in [1.82, 2.24) is 0 Å². The first-order chi connectivity index (χ1) is 7.58. The average Bonchev–Trinajstić information content (AvgIpc) is 2.63. The maximum Gasteiger partial charge on any atom is 0.335 e. The van der Waals surface area contributed by atoms with Crippen molar-refractivity contribution in [2.75, 3.05) is 5.73 Å². The van der Waals surface area contributed by atoms with Gasteiger partial charge in [-0.15, -0.1) is 0 Å². The predicted octanol–water partition coefficient (Wildman–Crippen LogP) is 3.26. The van der Waals surface area contributed by atoms with E-state index in [-0.39, 0.29) is 5.56 Å². The van der Waals surface area contributed by atoms with Gasteiger partial charge < -0.3 is 10.8 Å². The zero-order valence-electron chi connectivity index (χ0n) is 8.66. The molecule has 3 nitrogen and oxygen atoms in total. The highest BCUT2D eigenvalue weighted by Gasteiger charge is 2.16. The molecule has 0 saturated carbocycles. The Morgan fingerprint density at radius 3 is 2.62 bits per heavy atom. The summed E-state index contributed by atoms with van der Waals surface area (Å²) < 4.78 is 1.16. The number of anilines is 1. The Bertz CT molecular complexity index is 480. The highest BCUT2D eigenvalue weighted by atomic mass is 79.9. The van der Waals surface area contributed by atoms with Crippen molar-refractivity contribution < 1.29 is 9.90 Å². The van der Waals surface area contributed by atoms with Crippen molar-refractivity contribution in [1.29, 1.82) is 0 Å². The minimum absolute atomic E-state index is 0.245. The molecule has 1 aliphatic carbocycles. The number of allylic oxidation sites excluding steroid dienone is 2. The molecule has 0 amide bonds. The van der Waals surface area contributed by atoms with Crippen LogP contribution in [0.3, 0.4) is 0 Å². The third-order valence-corrected chi connectivity index (χ3v) is 3.58. The normalized spacial score (nSPS) is 15.6. The van der Waals surface area contributed by atoms with Gasteiger partial charge in [0.1, 0.15) is 0 Å². The minimum atomic E-state index is -0.941. The third-order valence-electron chi connectivity index (χ3n) is 2.70. The number of carboxylic acid groups (broad SMARTS) is 1. The van der Waals surface area contributed by atoms with E-state index in [2.05, 4.69) is 15.9 Å². The van der Waals surface area contributed by atoms with Crippen molar-refractivity contribution >= 4 is 33.2 Å². The average molecular weight is 282 g/mol. The van der Waals surface area contributed by atoms with E-state index in [0.29, 0.717) is 5.69 Å². The largest absolute Gasteiger partial charge is 0.478 e. The summed E-state index contributed by atoms with van der Waals surface area (Å²) in [6, 6.07) is 4.99. The summed E-state index contributed by atoms with van der Waals surface area (Å²) in [5.41, 5.74) is 8.54. The third kappa shape index (κ3) is 2.11. The number of aromatic carboxylic acids is 1. The van der Waals surface area contributed by atoms with Gasteiger partial charge in [0.15, 0.2) is 0 Å². The van der Waals surface area contributed by atoms with Gasteiger partial charge in [-0.25, -0.2) is 4.79 Å². The smallest absolute Gasteiger partial charge is 0.335 e. The molecule has 0 aromatic heterocycles. The lowest BCUT2D eigenvalue weighted by Gasteiger charge is -2.06. The molecule has 1 aromatic carbocycles. The molecule has 0 atom stereocenters. The summed E-state index contributed by atoms with van der Waals surface area (Å²) in [5.74, 6) is -0.941. The van der Waals surface area contributed by atoms with Crippen LogP contribution in [0.4, 0.5) is 5.69 Å². The van der Waals surface area contributed by atoms with Crippen molar-refractivity contribution in [3.8, 4) is 0 Å². The molecule has 0 radical (unpaired) electrons. The maximum absolute atomic E-state index is 10.9. The molecule has 16 heavy (non-hydrogen) atoms. The molecule has 1 aromatic rings. The number of hydrogen-bond acceptors (Lipinski definition) is 2. The second kappa shape index (κ2) is 4.29. The van der Waals surface area contributed by atoms with Gasteiger partial charge in [0.2, 0.25) is 0 Å². The van der Waals surface area contributed by atoms with Crippen LogP contribution in [0.5, 0.6) is 0 Å². The van der Waals surface area contributed by atoms with Crippen LogP contribution in [0.25, 0.3) is 5.57 Å². The van der Waals surface area contributed by atoms with Crippen LogP contribution in [0.1, 0.15) is 35.2 Å². The Hall–Kier alpha value is -1.29. The number of nitrogens with two attached hydrogens (primary N) is 1. The van der Waals surface area contributed by atoms with E-state index >= 15 is 0 Å². The fraction of sp³-hybridized carbons (Fsp3) is 0.250. The monoisotopic (exact) mass is 281 g/mol. The van der Waals surface area contributed by atoms with E-state index < -0.39 is 5.97 Å². The second-order valence-corrected chi connectivity index (χ2v) is 4.84. The first-order valence-corrected chi connectivity index (χ1v) is 5.89. The highest BCUT2D eigenvalue weighted by Crippen LogP contribution is 2.37. The van der Waals surface area contributed by atoms with Crippen LogP contribution in [0.2, 0.25) is 0 Å². The van der Waals surface area contributed by atoms with E-state index in [0.717, 1.165) is 29.3 Å². The van der Waals surface area contributed by atoms with Gasteiger partial charge in [-0.3, -0.25) is 0 Å². The summed E-state index contributed by atoms with van der Waals surface area (Å²) in [7, 11) is 0. The van der Waals surface area contributed by atoms with Gasteiger partial charge in [0.05, 0.1) is 5.56 Å². The Morgan fingerprint density at radius 1 is 1.31 bits per heavy atom. The highest BCUT2D eigenvalue weighted by molar-refractivity contribution is 9.11. The van der Waals surface area contributed by atoms with E-state index in [1.165, 1.54) is 11.6 Å². The Balaban J connectivity index is 2.49. The Labute approximate surface area is 102 Å². The van der Waals surface area contributed by atoms with Gasteiger partial charge in [-0.1, -0.05) is 15.9 Å². The summed E-state index contributed by atoms with van der Waals surface area (Å²) >= 11 is 3.52. The van der Waals surface area contributed by atoms with Gasteiger partial charge in [0, 0.05) is 5.69 Å². The molecule has 0 aliphatic heterocycles. The van der Waals surface area contributed by atoms with Crippen LogP contribution in [-0.2, 0) is 0 Å². The molecule has 2 rings (SSSR count). The fourth-order valence-electron chi connectivity index (χ4n) is 1.96. The quantitative estimate of drug-likeness (QED) is 0.818. The lowest BCUT2D eigenvalue weighted by Crippen LogP contribution is -1.99. The number of rotatable bonds is 2. The Morgan fingerprint density at radius 2 is 2.06 bits per heavy atom. The van der Waals surface area contributed by atoms with Crippen LogP contribution in [0, 0.1) is 0 Å². The number of carbonyl (C=O) groups is 1. The topological polar surface area (TPSA) is 63.3 Å². The molecule has 0 saturated heterocycles. The lowest BCUT2D eigenvalue weighted by atomic mass is 10.0. The van der Waals surface area contributed by atoms with Crippen molar-refractivity contribution in [3.63, 3.8) is 0 Å². The number of nitrogen functional groups attached to an aromatic ring is 1. The molecule has 0 spiro atoms. The van der Waals surface area contributed by atoms with Crippen molar-refractivity contribution in [3.05, 3.63) is 33.8 Å². The van der Waals surface area contributed by atoms with Crippen molar-refractivity contribution in [2.45, 2.75) is 19.3 Å². The molecule has 0 heterocycles. The first-order valence-electron chi connectivity index (χ1n) is 5.09. The van der Waals surface area contributed by atoms with Crippen LogP contribution >= 0.6 is 15.9 Å². The number of carboxylic acids is 1. The summed E-state index contributed by atoms with van der Waals surface area (Å²) in [6.07, 6.45) is 3.10. The van der Waals surface area contributed by atoms with Gasteiger partial charge in [0.25, 0.3) is 0 Å². The van der Waals surface area contributed by atoms with E-state index in [1.807, 2.05) is 6.07 Å². The molecule has 0 bridgehead atoms. The van der Waals surface area contributed by atoms with Gasteiger partial charge in [-0.05, 0) is 53.1 Å². The molecule has 1 aliphatic rings. The zero-order valence-corrected chi connectivity index (χ0v) is 10.3. The summed E-state index contributed by atoms with van der Waals surface area (Å²) in [4.78, 5) is 10.9. The van der Waals surface area contributed by atoms with E-state index in [9.17, 15) is 4.79 Å². The molecule has 3 N–H and O–H groups in total. The van der Waals surface area contributed by atoms with Gasteiger partial charge >= 0.3 is 5.97 Å². The molecule has 0 unspecified atom stereocenters. The first kappa shape index (κ1) is 11.2. The molecule has 0 fully saturated rings. The zero-order chi connectivity index (χ0) is 11.7. The SMILES string of the molecule is Nc1cc(C(=O)O)cc(C2=C(Br)CCC2)c1. The van der Waals surface area contributed by atoms with Crippen LogP contribution in [0.15, 0.2) is 22.7 Å². The van der Waals surface area contributed by atoms with Crippen molar-refractivity contribution in [2.24, 2.45) is 0 Å².